The molecule has 0 amide bonds. The molecule has 0 aliphatic carbocycles. The molecule has 0 bridgehead atoms. The number of nitrogens with zero attached hydrogens (tertiary/aromatic N) is 9. The molecule has 4 aliphatic rings. The van der Waals surface area contributed by atoms with E-state index in [1.807, 2.05) is 42.5 Å². The van der Waals surface area contributed by atoms with E-state index >= 15 is 0 Å². The first-order valence-corrected chi connectivity index (χ1v) is 32.0. The number of fused-ring (bicyclic) bond motifs is 9. The van der Waals surface area contributed by atoms with Crippen LogP contribution in [0.1, 0.15) is 0 Å². The van der Waals surface area contributed by atoms with E-state index in [9.17, 15) is 0 Å². The molecule has 94 heavy (non-hydrogen) atoms. The topological polar surface area (TPSA) is 77.4 Å². The van der Waals surface area contributed by atoms with Crippen molar-refractivity contribution in [2.45, 2.75) is 0 Å². The summed E-state index contributed by atoms with van der Waals surface area (Å²) >= 11 is 0. The highest BCUT2D eigenvalue weighted by molar-refractivity contribution is 6.87. The highest BCUT2D eigenvalue weighted by Crippen LogP contribution is 2.53. The third-order valence-corrected chi connectivity index (χ3v) is 19.1. The molecule has 0 fully saturated rings. The Bertz CT molecular complexity index is 5430. The van der Waals surface area contributed by atoms with Gasteiger partial charge in [0.25, 0.3) is 0 Å². The molecule has 9 nitrogen and oxygen atoms in total. The van der Waals surface area contributed by atoms with Gasteiger partial charge >= 0.3 is 14.0 Å². The van der Waals surface area contributed by atoms with E-state index in [0.29, 0.717) is 23.3 Å². The molecule has 19 rings (SSSR count). The van der Waals surface area contributed by atoms with Crippen LogP contribution in [0.3, 0.4) is 0 Å². The van der Waals surface area contributed by atoms with Crippen LogP contribution in [0, 0.1) is 0 Å². The molecule has 6 heterocycles. The van der Waals surface area contributed by atoms with Gasteiger partial charge in [0.15, 0.2) is 23.3 Å². The summed E-state index contributed by atoms with van der Waals surface area (Å²) in [6, 6.07) is 115. The van der Waals surface area contributed by atoms with Gasteiger partial charge in [-0.3, -0.25) is 0 Å². The molecule has 15 aromatic rings. The molecular formula is C83H53B2N9. The largest absolute Gasteiger partial charge is 0.423 e. The first-order chi connectivity index (χ1) is 46.6. The highest BCUT2D eigenvalue weighted by Gasteiger charge is 2.49. The quantitative estimate of drug-likeness (QED) is 0.131. The Morgan fingerprint density at radius 1 is 0.213 bits per heavy atom. The van der Waals surface area contributed by atoms with Gasteiger partial charge < -0.3 is 19.2 Å². The fraction of sp³-hybridized carbons (Fsp3) is 0. The van der Waals surface area contributed by atoms with Crippen LogP contribution in [-0.2, 0) is 0 Å². The molecule has 0 saturated heterocycles. The van der Waals surface area contributed by atoms with Crippen molar-refractivity contribution in [2.75, 3.05) is 19.2 Å². The highest BCUT2D eigenvalue weighted by atomic mass is 15.3. The average molecular weight is 1200 g/mol. The molecule has 0 unspecified atom stereocenters. The molecule has 0 radical (unpaired) electrons. The Morgan fingerprint density at radius 2 is 0.585 bits per heavy atom. The molecule has 11 heteroatoms. The van der Waals surface area contributed by atoms with Crippen LogP contribution < -0.4 is 30.2 Å². The van der Waals surface area contributed by atoms with E-state index in [2.05, 4.69) is 298 Å². The molecule has 2 aromatic heterocycles. The predicted molar refractivity (Wildman–Crippen MR) is 387 cm³/mol. The summed E-state index contributed by atoms with van der Waals surface area (Å²) in [5.74, 6) is 3.38. The number of rotatable bonds is 9. The third-order valence-electron chi connectivity index (χ3n) is 19.1. The zero-order chi connectivity index (χ0) is 61.8. The number of para-hydroxylation sites is 5. The van der Waals surface area contributed by atoms with Crippen molar-refractivity contribution >= 4 is 81.4 Å². The minimum atomic E-state index is -0.329. The van der Waals surface area contributed by atoms with Crippen LogP contribution in [-0.4, -0.2) is 38.9 Å². The van der Waals surface area contributed by atoms with Gasteiger partial charge in [-0.25, -0.2) is 24.9 Å². The third kappa shape index (κ3) is 8.48. The summed E-state index contributed by atoms with van der Waals surface area (Å²) in [4.78, 5) is 36.3. The standard InChI is InChI=1S/C83H53B2N9/c1-5-24-55(25-6-1)79-86-72-42-17-13-37-70(72)83(90-79)94-75-45-20-16-36-65(75)68-39-22-38-66-63-34-14-18-43-73(63)92(85(94)77(66)68)61-49-46-54(47-50-61)58-48-51-76-71(53-58)69-41-23-40-67-64-35-15-19-44-74(64)93(84(78(67)69)91(76)60-31-11-4-12-32-60)62-33-21-30-59(52-62)82-88-80(56-26-7-2-8-27-56)87-81(89-82)57-28-9-3-10-29-57/h1-53H. The van der Waals surface area contributed by atoms with Gasteiger partial charge in [-0.15, -0.1) is 0 Å². The zero-order valence-corrected chi connectivity index (χ0v) is 50.8. The molecule has 0 N–H and O–H groups in total. The second kappa shape index (κ2) is 21.6. The van der Waals surface area contributed by atoms with Gasteiger partial charge in [-0.1, -0.05) is 243 Å². The fourth-order valence-electron chi connectivity index (χ4n) is 14.9. The van der Waals surface area contributed by atoms with Crippen LogP contribution in [0.2, 0.25) is 0 Å². The minimum absolute atomic E-state index is 0.288. The Labute approximate surface area is 545 Å². The monoisotopic (exact) mass is 1200 g/mol. The lowest BCUT2D eigenvalue weighted by atomic mass is 9.53. The second-order valence-electron chi connectivity index (χ2n) is 24.3. The number of hydrogen-bond donors (Lipinski definition) is 0. The van der Waals surface area contributed by atoms with Gasteiger partial charge in [0.2, 0.25) is 0 Å². The molecule has 4 aliphatic heterocycles. The van der Waals surface area contributed by atoms with E-state index in [1.165, 1.54) is 44.3 Å². The molecule has 0 spiro atoms. The van der Waals surface area contributed by atoms with Crippen LogP contribution in [0.4, 0.5) is 45.6 Å². The van der Waals surface area contributed by atoms with Gasteiger partial charge in [0, 0.05) is 89.7 Å². The Kier molecular flexibility index (Phi) is 12.3. The molecule has 436 valence electrons. The van der Waals surface area contributed by atoms with Gasteiger partial charge in [0.1, 0.15) is 5.82 Å². The van der Waals surface area contributed by atoms with Crippen molar-refractivity contribution < 1.29 is 0 Å². The Morgan fingerprint density at radius 3 is 1.15 bits per heavy atom. The van der Waals surface area contributed by atoms with Crippen molar-refractivity contribution in [3.05, 3.63) is 322 Å². The maximum absolute atomic E-state index is 5.60. The Balaban J connectivity index is 0.748. The smallest absolute Gasteiger partial charge is 0.361 e. The minimum Gasteiger partial charge on any atom is -0.361 e. The fourth-order valence-corrected chi connectivity index (χ4v) is 14.9. The zero-order valence-electron chi connectivity index (χ0n) is 50.8. The first-order valence-electron chi connectivity index (χ1n) is 32.0. The molecule has 13 aromatic carbocycles. The molecule has 0 saturated carbocycles. The van der Waals surface area contributed by atoms with Crippen LogP contribution in [0.15, 0.2) is 322 Å². The van der Waals surface area contributed by atoms with Crippen LogP contribution >= 0.6 is 0 Å². The van der Waals surface area contributed by atoms with Crippen LogP contribution in [0.5, 0.6) is 0 Å². The summed E-state index contributed by atoms with van der Waals surface area (Å²) in [6.45, 7) is -0.617. The lowest BCUT2D eigenvalue weighted by molar-refractivity contribution is 1.07. The number of benzene rings is 13. The van der Waals surface area contributed by atoms with Crippen molar-refractivity contribution in [3.63, 3.8) is 0 Å². The van der Waals surface area contributed by atoms with Gasteiger partial charge in [0.05, 0.1) is 5.52 Å². The second-order valence-corrected chi connectivity index (χ2v) is 24.3. The lowest BCUT2D eigenvalue weighted by Gasteiger charge is -2.47. The first kappa shape index (κ1) is 53.4. The summed E-state index contributed by atoms with van der Waals surface area (Å²) in [5, 5.41) is 0.981. The predicted octanol–water partition coefficient (Wildman–Crippen LogP) is 18.8. The van der Waals surface area contributed by atoms with Gasteiger partial charge in [-0.05, 0) is 123 Å². The van der Waals surface area contributed by atoms with Crippen molar-refractivity contribution in [2.24, 2.45) is 0 Å². The summed E-state index contributed by atoms with van der Waals surface area (Å²) in [5.41, 5.74) is 26.4. The SMILES string of the molecule is c1ccc(-c2nc(-c3ccccc3)nc(-c3cccc(N4B5c6c(cccc6-c6cc(-c7ccc(N8B9c%10c(cccc%10-c%10ccccc%10N9c9nc(-c%10ccccc%10)nc%10ccccc9%10)-c9ccccc98)cc7)ccc6N5c5ccccc5)-c5ccccc54)c3)n2)cc1. The van der Waals surface area contributed by atoms with E-state index in [4.69, 9.17) is 24.9 Å². The summed E-state index contributed by atoms with van der Waals surface area (Å²) < 4.78 is 0. The maximum atomic E-state index is 5.60. The maximum Gasteiger partial charge on any atom is 0.423 e. The van der Waals surface area contributed by atoms with E-state index in [-0.39, 0.29) is 14.0 Å². The summed E-state index contributed by atoms with van der Waals surface area (Å²) in [7, 11) is 0. The Hall–Kier alpha value is -12.5. The van der Waals surface area contributed by atoms with E-state index < -0.39 is 0 Å². The number of aromatic nitrogens is 5. The number of anilines is 8. The van der Waals surface area contributed by atoms with E-state index in [1.54, 1.807) is 0 Å². The van der Waals surface area contributed by atoms with Crippen molar-refractivity contribution in [3.8, 4) is 101 Å². The normalized spacial score (nSPS) is 13.0. The number of hydrogen-bond acceptors (Lipinski definition) is 9. The van der Waals surface area contributed by atoms with Gasteiger partial charge in [-0.2, -0.15) is 0 Å². The lowest BCUT2D eigenvalue weighted by Crippen LogP contribution is -2.62. The van der Waals surface area contributed by atoms with E-state index in [0.717, 1.165) is 101 Å². The van der Waals surface area contributed by atoms with Crippen molar-refractivity contribution in [1.82, 2.24) is 24.9 Å². The molecular weight excluding hydrogens is 1140 g/mol. The molecule has 0 atom stereocenters. The van der Waals surface area contributed by atoms with Crippen molar-refractivity contribution in [1.29, 1.82) is 0 Å². The average Bonchev–Trinajstić information content (AvgIpc) is 0.707. The summed E-state index contributed by atoms with van der Waals surface area (Å²) in [6.07, 6.45) is 0. The van der Waals surface area contributed by atoms with Crippen LogP contribution in [0.25, 0.3) is 112 Å².